The largest absolute Gasteiger partial charge is 0.319 e. The molecule has 0 unspecified atom stereocenters. The summed E-state index contributed by atoms with van der Waals surface area (Å²) in [6.45, 7) is 0. The van der Waals surface area contributed by atoms with E-state index in [0.717, 1.165) is 6.26 Å². The summed E-state index contributed by atoms with van der Waals surface area (Å²) in [5, 5.41) is 2.44. The summed E-state index contributed by atoms with van der Waals surface area (Å²) in [6, 6.07) is 8.25. The van der Waals surface area contributed by atoms with Gasteiger partial charge in [0.1, 0.15) is 5.82 Å². The fourth-order valence-corrected chi connectivity index (χ4v) is 2.91. The third kappa shape index (κ3) is 4.92. The van der Waals surface area contributed by atoms with Gasteiger partial charge >= 0.3 is 0 Å². The monoisotopic (exact) mass is 420 g/mol. The van der Waals surface area contributed by atoms with Crippen LogP contribution in [0.2, 0.25) is 5.02 Å². The SMILES string of the molecule is CS(=O)(=O)Nc1ccc(C(=O)Nc2ccc(Br)cc2F)c(Cl)c1. The fourth-order valence-electron chi connectivity index (χ4n) is 1.76. The number of halogens is 3. The smallest absolute Gasteiger partial charge is 0.257 e. The van der Waals surface area contributed by atoms with Crippen LogP contribution in [0, 0.1) is 5.82 Å². The van der Waals surface area contributed by atoms with Gasteiger partial charge in [-0.25, -0.2) is 12.8 Å². The van der Waals surface area contributed by atoms with Crippen LogP contribution < -0.4 is 10.0 Å². The Kier molecular flexibility index (Phi) is 5.28. The van der Waals surface area contributed by atoms with E-state index >= 15 is 0 Å². The molecule has 2 N–H and O–H groups in total. The normalized spacial score (nSPS) is 11.1. The summed E-state index contributed by atoms with van der Waals surface area (Å²) in [5.41, 5.74) is 0.324. The van der Waals surface area contributed by atoms with Crippen molar-refractivity contribution in [2.24, 2.45) is 0 Å². The standard InChI is InChI=1S/C14H11BrClFN2O3S/c1-23(21,22)19-9-3-4-10(11(16)7-9)14(20)18-13-5-2-8(15)6-12(13)17/h2-7,19H,1H3,(H,18,20). The Hall–Kier alpha value is -1.64. The highest BCUT2D eigenvalue weighted by atomic mass is 79.9. The maximum absolute atomic E-state index is 13.7. The van der Waals surface area contributed by atoms with Gasteiger partial charge < -0.3 is 5.32 Å². The number of carbonyl (C=O) groups excluding carboxylic acids is 1. The molecule has 2 aromatic rings. The van der Waals surface area contributed by atoms with Gasteiger partial charge in [-0.15, -0.1) is 0 Å². The van der Waals surface area contributed by atoms with Crippen molar-refractivity contribution in [1.29, 1.82) is 0 Å². The van der Waals surface area contributed by atoms with Crippen LogP contribution in [-0.4, -0.2) is 20.6 Å². The Morgan fingerprint density at radius 1 is 1.22 bits per heavy atom. The molecule has 0 atom stereocenters. The summed E-state index contributed by atoms with van der Waals surface area (Å²) in [7, 11) is -3.45. The molecule has 1 amide bonds. The number of hydrogen-bond donors (Lipinski definition) is 2. The molecule has 0 aliphatic carbocycles. The Bertz CT molecular complexity index is 874. The lowest BCUT2D eigenvalue weighted by atomic mass is 10.2. The van der Waals surface area contributed by atoms with Gasteiger partial charge in [-0.3, -0.25) is 9.52 Å². The van der Waals surface area contributed by atoms with E-state index in [9.17, 15) is 17.6 Å². The molecular formula is C14H11BrClFN2O3S. The molecule has 0 saturated heterocycles. The quantitative estimate of drug-likeness (QED) is 0.787. The van der Waals surface area contributed by atoms with E-state index in [0.29, 0.717) is 4.47 Å². The summed E-state index contributed by atoms with van der Waals surface area (Å²) >= 11 is 9.11. The maximum atomic E-state index is 13.7. The zero-order valence-corrected chi connectivity index (χ0v) is 14.9. The van der Waals surface area contributed by atoms with Crippen LogP contribution in [0.1, 0.15) is 10.4 Å². The molecule has 0 saturated carbocycles. The molecule has 0 aliphatic rings. The van der Waals surface area contributed by atoms with Crippen molar-refractivity contribution >= 4 is 54.8 Å². The van der Waals surface area contributed by atoms with Crippen LogP contribution >= 0.6 is 27.5 Å². The number of hydrogen-bond acceptors (Lipinski definition) is 3. The van der Waals surface area contributed by atoms with Crippen LogP contribution in [0.4, 0.5) is 15.8 Å². The number of rotatable bonds is 4. The lowest BCUT2D eigenvalue weighted by Crippen LogP contribution is -2.14. The predicted octanol–water partition coefficient (Wildman–Crippen LogP) is 3.87. The minimum absolute atomic E-state index is 0.00704. The maximum Gasteiger partial charge on any atom is 0.257 e. The van der Waals surface area contributed by atoms with Gasteiger partial charge in [-0.1, -0.05) is 27.5 Å². The fraction of sp³-hybridized carbons (Fsp3) is 0.0714. The third-order valence-corrected chi connectivity index (χ3v) is 4.11. The minimum atomic E-state index is -3.45. The van der Waals surface area contributed by atoms with Crippen molar-refractivity contribution in [2.45, 2.75) is 0 Å². The Morgan fingerprint density at radius 2 is 1.91 bits per heavy atom. The molecule has 9 heteroatoms. The highest BCUT2D eigenvalue weighted by molar-refractivity contribution is 9.10. The van der Waals surface area contributed by atoms with E-state index in [1.807, 2.05) is 0 Å². The average molecular weight is 422 g/mol. The Morgan fingerprint density at radius 3 is 2.48 bits per heavy atom. The molecule has 2 rings (SSSR count). The van der Waals surface area contributed by atoms with Crippen molar-refractivity contribution in [3.8, 4) is 0 Å². The van der Waals surface area contributed by atoms with Gasteiger partial charge in [-0.2, -0.15) is 0 Å². The Labute approximate surface area is 146 Å². The molecule has 122 valence electrons. The first kappa shape index (κ1) is 17.7. The number of benzene rings is 2. The summed E-state index contributed by atoms with van der Waals surface area (Å²) in [5.74, 6) is -1.21. The van der Waals surface area contributed by atoms with E-state index in [4.69, 9.17) is 11.6 Å². The number of amides is 1. The first-order valence-corrected chi connectivity index (χ1v) is 9.26. The van der Waals surface area contributed by atoms with Gasteiger partial charge in [0.25, 0.3) is 5.91 Å². The topological polar surface area (TPSA) is 75.3 Å². The number of anilines is 2. The Balaban J connectivity index is 2.22. The van der Waals surface area contributed by atoms with E-state index in [1.165, 1.54) is 30.3 Å². The zero-order chi connectivity index (χ0) is 17.2. The molecule has 0 spiro atoms. The second-order valence-electron chi connectivity index (χ2n) is 4.65. The van der Waals surface area contributed by atoms with E-state index < -0.39 is 21.7 Å². The number of carbonyl (C=O) groups is 1. The minimum Gasteiger partial charge on any atom is -0.319 e. The predicted molar refractivity (Wildman–Crippen MR) is 92.0 cm³/mol. The summed E-state index contributed by atoms with van der Waals surface area (Å²) in [4.78, 5) is 12.2. The van der Waals surface area contributed by atoms with Gasteiger partial charge in [0.2, 0.25) is 10.0 Å². The van der Waals surface area contributed by atoms with E-state index in [2.05, 4.69) is 26.0 Å². The van der Waals surface area contributed by atoms with Crippen molar-refractivity contribution < 1.29 is 17.6 Å². The highest BCUT2D eigenvalue weighted by Crippen LogP contribution is 2.24. The molecule has 0 heterocycles. The van der Waals surface area contributed by atoms with Crippen LogP contribution in [0.15, 0.2) is 40.9 Å². The van der Waals surface area contributed by atoms with E-state index in [1.54, 1.807) is 6.07 Å². The van der Waals surface area contributed by atoms with Gasteiger partial charge in [0.05, 0.1) is 22.5 Å². The molecule has 2 aromatic carbocycles. The van der Waals surface area contributed by atoms with Crippen molar-refractivity contribution in [1.82, 2.24) is 0 Å². The van der Waals surface area contributed by atoms with Gasteiger partial charge in [0.15, 0.2) is 0 Å². The molecule has 0 aliphatic heterocycles. The van der Waals surface area contributed by atoms with Gasteiger partial charge in [-0.05, 0) is 36.4 Å². The molecule has 0 aromatic heterocycles. The molecule has 23 heavy (non-hydrogen) atoms. The lowest BCUT2D eigenvalue weighted by Gasteiger charge is -2.10. The number of sulfonamides is 1. The van der Waals surface area contributed by atoms with Gasteiger partial charge in [0, 0.05) is 10.2 Å². The van der Waals surface area contributed by atoms with Crippen molar-refractivity contribution in [3.05, 3.63) is 57.3 Å². The first-order valence-electron chi connectivity index (χ1n) is 6.19. The number of nitrogens with one attached hydrogen (secondary N) is 2. The highest BCUT2D eigenvalue weighted by Gasteiger charge is 2.14. The van der Waals surface area contributed by atoms with Crippen LogP contribution in [-0.2, 0) is 10.0 Å². The molecule has 0 bridgehead atoms. The summed E-state index contributed by atoms with van der Waals surface area (Å²) in [6.07, 6.45) is 0.998. The van der Waals surface area contributed by atoms with Crippen molar-refractivity contribution in [3.63, 3.8) is 0 Å². The second kappa shape index (κ2) is 6.86. The molecular weight excluding hydrogens is 411 g/mol. The van der Waals surface area contributed by atoms with Crippen LogP contribution in [0.5, 0.6) is 0 Å². The van der Waals surface area contributed by atoms with Crippen LogP contribution in [0.25, 0.3) is 0 Å². The average Bonchev–Trinajstić information content (AvgIpc) is 2.40. The zero-order valence-electron chi connectivity index (χ0n) is 11.7. The van der Waals surface area contributed by atoms with Crippen LogP contribution in [0.3, 0.4) is 0 Å². The first-order chi connectivity index (χ1) is 10.7. The molecule has 0 radical (unpaired) electrons. The van der Waals surface area contributed by atoms with E-state index in [-0.39, 0.29) is 22.0 Å². The third-order valence-electron chi connectivity index (χ3n) is 2.70. The molecule has 5 nitrogen and oxygen atoms in total. The van der Waals surface area contributed by atoms with Crippen molar-refractivity contribution in [2.75, 3.05) is 16.3 Å². The summed E-state index contributed by atoms with van der Waals surface area (Å²) < 4.78 is 38.8. The lowest BCUT2D eigenvalue weighted by molar-refractivity contribution is 0.102. The second-order valence-corrected chi connectivity index (χ2v) is 7.72. The molecule has 0 fully saturated rings.